The Hall–Kier alpha value is -0.770. The van der Waals surface area contributed by atoms with Crippen molar-refractivity contribution in [3.63, 3.8) is 0 Å². The van der Waals surface area contributed by atoms with E-state index in [2.05, 4.69) is 5.32 Å². The molecule has 0 aliphatic carbocycles. The Morgan fingerprint density at radius 3 is 2.55 bits per heavy atom. The summed E-state index contributed by atoms with van der Waals surface area (Å²) in [6, 6.07) is 0.403. The average molecular weight is 282 g/mol. The van der Waals surface area contributed by atoms with E-state index in [1.165, 1.54) is 19.3 Å². The molecule has 0 saturated carbocycles. The van der Waals surface area contributed by atoms with E-state index in [1.807, 2.05) is 25.7 Å². The molecule has 1 amide bonds. The number of hydrogen-bond donors (Lipinski definition) is 1. The lowest BCUT2D eigenvalue weighted by Gasteiger charge is -2.30. The Bertz CT molecular complexity index is 319. The van der Waals surface area contributed by atoms with Crippen molar-refractivity contribution in [1.82, 2.24) is 10.2 Å². The van der Waals surface area contributed by atoms with Gasteiger partial charge in [-0.15, -0.1) is 0 Å². The summed E-state index contributed by atoms with van der Waals surface area (Å²) in [5.41, 5.74) is -0.390. The standard InChI is InChI=1S/C16H30N2O2/c1-16(2,3)20-15(19)18-12-4-5-14(18)7-6-13-8-10-17-11-9-13/h13-14,17H,4-12H2,1-3H3/t14-/m1/s1. The topological polar surface area (TPSA) is 41.6 Å². The number of nitrogens with one attached hydrogen (secondary N) is 1. The van der Waals surface area contributed by atoms with Crippen LogP contribution in [-0.4, -0.2) is 42.3 Å². The quantitative estimate of drug-likeness (QED) is 0.864. The number of carbonyl (C=O) groups excluding carboxylic acids is 1. The second-order valence-corrected chi connectivity index (χ2v) is 7.24. The van der Waals surface area contributed by atoms with Crippen molar-refractivity contribution in [3.05, 3.63) is 0 Å². The zero-order chi connectivity index (χ0) is 14.6. The number of piperidine rings is 1. The van der Waals surface area contributed by atoms with Gasteiger partial charge in [0.2, 0.25) is 0 Å². The number of ether oxygens (including phenoxy) is 1. The number of rotatable bonds is 3. The Balaban J connectivity index is 1.79. The van der Waals surface area contributed by atoms with Gasteiger partial charge >= 0.3 is 6.09 Å². The van der Waals surface area contributed by atoms with Crippen LogP contribution in [0.3, 0.4) is 0 Å². The smallest absolute Gasteiger partial charge is 0.410 e. The molecule has 0 radical (unpaired) electrons. The third-order valence-electron chi connectivity index (χ3n) is 4.37. The summed E-state index contributed by atoms with van der Waals surface area (Å²) < 4.78 is 5.52. The van der Waals surface area contributed by atoms with Gasteiger partial charge in [-0.3, -0.25) is 0 Å². The molecule has 2 heterocycles. The summed E-state index contributed by atoms with van der Waals surface area (Å²) in [5, 5.41) is 3.41. The van der Waals surface area contributed by atoms with Crippen molar-refractivity contribution in [2.75, 3.05) is 19.6 Å². The van der Waals surface area contributed by atoms with Gasteiger partial charge in [-0.1, -0.05) is 0 Å². The summed E-state index contributed by atoms with van der Waals surface area (Å²) in [4.78, 5) is 14.2. The van der Waals surface area contributed by atoms with Gasteiger partial charge in [0.25, 0.3) is 0 Å². The predicted octanol–water partition coefficient (Wildman–Crippen LogP) is 3.17. The van der Waals surface area contributed by atoms with Crippen LogP contribution in [0.1, 0.15) is 59.3 Å². The molecule has 2 fully saturated rings. The number of hydrogen-bond acceptors (Lipinski definition) is 3. The monoisotopic (exact) mass is 282 g/mol. The number of carbonyl (C=O) groups is 1. The van der Waals surface area contributed by atoms with E-state index in [-0.39, 0.29) is 11.7 Å². The molecule has 1 N–H and O–H groups in total. The molecular weight excluding hydrogens is 252 g/mol. The van der Waals surface area contributed by atoms with E-state index in [0.29, 0.717) is 6.04 Å². The highest BCUT2D eigenvalue weighted by Gasteiger charge is 2.32. The maximum absolute atomic E-state index is 12.2. The highest BCUT2D eigenvalue weighted by atomic mass is 16.6. The average Bonchev–Trinajstić information content (AvgIpc) is 2.84. The van der Waals surface area contributed by atoms with Crippen LogP contribution >= 0.6 is 0 Å². The molecule has 0 aromatic heterocycles. The molecule has 2 rings (SSSR count). The van der Waals surface area contributed by atoms with Crippen molar-refractivity contribution >= 4 is 6.09 Å². The predicted molar refractivity (Wildman–Crippen MR) is 80.8 cm³/mol. The fourth-order valence-corrected chi connectivity index (χ4v) is 3.30. The normalized spacial score (nSPS) is 24.9. The van der Waals surface area contributed by atoms with Crippen molar-refractivity contribution in [2.24, 2.45) is 5.92 Å². The minimum absolute atomic E-state index is 0.120. The molecule has 2 aliphatic heterocycles. The summed E-state index contributed by atoms with van der Waals surface area (Å²) in [5.74, 6) is 0.845. The first-order valence-corrected chi connectivity index (χ1v) is 8.16. The molecule has 0 bridgehead atoms. The lowest BCUT2D eigenvalue weighted by molar-refractivity contribution is 0.0215. The summed E-state index contributed by atoms with van der Waals surface area (Å²) in [6.07, 6.45) is 7.12. The Labute approximate surface area is 123 Å². The van der Waals surface area contributed by atoms with Gasteiger partial charge in [-0.05, 0) is 78.3 Å². The van der Waals surface area contributed by atoms with Gasteiger partial charge in [0.1, 0.15) is 5.60 Å². The highest BCUT2D eigenvalue weighted by molar-refractivity contribution is 5.68. The van der Waals surface area contributed by atoms with Crippen LogP contribution in [-0.2, 0) is 4.74 Å². The van der Waals surface area contributed by atoms with Crippen molar-refractivity contribution in [3.8, 4) is 0 Å². The first kappa shape index (κ1) is 15.6. The molecule has 2 aliphatic rings. The zero-order valence-electron chi connectivity index (χ0n) is 13.3. The van der Waals surface area contributed by atoms with Crippen molar-refractivity contribution < 1.29 is 9.53 Å². The fraction of sp³-hybridized carbons (Fsp3) is 0.938. The fourth-order valence-electron chi connectivity index (χ4n) is 3.30. The second kappa shape index (κ2) is 6.79. The second-order valence-electron chi connectivity index (χ2n) is 7.24. The van der Waals surface area contributed by atoms with Crippen LogP contribution in [0.4, 0.5) is 4.79 Å². The minimum Gasteiger partial charge on any atom is -0.444 e. The van der Waals surface area contributed by atoms with Gasteiger partial charge in [0, 0.05) is 12.6 Å². The third-order valence-corrected chi connectivity index (χ3v) is 4.37. The van der Waals surface area contributed by atoms with E-state index >= 15 is 0 Å². The van der Waals surface area contributed by atoms with Crippen LogP contribution in [0.15, 0.2) is 0 Å². The SMILES string of the molecule is CC(C)(C)OC(=O)N1CCC[C@@H]1CCC1CCNCC1. The summed E-state index contributed by atoms with van der Waals surface area (Å²) in [6.45, 7) is 8.99. The largest absolute Gasteiger partial charge is 0.444 e. The molecule has 0 unspecified atom stereocenters. The van der Waals surface area contributed by atoms with E-state index in [0.717, 1.165) is 44.8 Å². The molecule has 20 heavy (non-hydrogen) atoms. The van der Waals surface area contributed by atoms with Crippen LogP contribution in [0.2, 0.25) is 0 Å². The number of nitrogens with zero attached hydrogens (tertiary/aromatic N) is 1. The Morgan fingerprint density at radius 1 is 1.20 bits per heavy atom. The molecular formula is C16H30N2O2. The van der Waals surface area contributed by atoms with E-state index < -0.39 is 0 Å². The minimum atomic E-state index is -0.390. The van der Waals surface area contributed by atoms with Gasteiger partial charge in [0.15, 0.2) is 0 Å². The Kier molecular flexibility index (Phi) is 5.30. The highest BCUT2D eigenvalue weighted by Crippen LogP contribution is 2.27. The third kappa shape index (κ3) is 4.65. The first-order chi connectivity index (χ1) is 9.46. The summed E-state index contributed by atoms with van der Waals surface area (Å²) >= 11 is 0. The number of likely N-dealkylation sites (tertiary alicyclic amines) is 1. The van der Waals surface area contributed by atoms with Crippen molar-refractivity contribution in [1.29, 1.82) is 0 Å². The van der Waals surface area contributed by atoms with Gasteiger partial charge in [-0.25, -0.2) is 4.79 Å². The molecule has 4 heteroatoms. The maximum Gasteiger partial charge on any atom is 0.410 e. The molecule has 4 nitrogen and oxygen atoms in total. The number of amides is 1. The Morgan fingerprint density at radius 2 is 1.90 bits per heavy atom. The molecule has 1 atom stereocenters. The molecule has 0 aromatic carbocycles. The van der Waals surface area contributed by atoms with E-state index in [4.69, 9.17) is 4.74 Å². The summed E-state index contributed by atoms with van der Waals surface area (Å²) in [7, 11) is 0. The van der Waals surface area contributed by atoms with Gasteiger partial charge in [-0.2, -0.15) is 0 Å². The van der Waals surface area contributed by atoms with Crippen LogP contribution in [0, 0.1) is 5.92 Å². The van der Waals surface area contributed by atoms with Gasteiger partial charge in [0.05, 0.1) is 0 Å². The lowest BCUT2D eigenvalue weighted by Crippen LogP contribution is -2.40. The van der Waals surface area contributed by atoms with Gasteiger partial charge < -0.3 is 15.0 Å². The van der Waals surface area contributed by atoms with Crippen molar-refractivity contribution in [2.45, 2.75) is 70.9 Å². The molecule has 2 saturated heterocycles. The van der Waals surface area contributed by atoms with E-state index in [9.17, 15) is 4.79 Å². The van der Waals surface area contributed by atoms with E-state index in [1.54, 1.807) is 0 Å². The van der Waals surface area contributed by atoms with Crippen LogP contribution < -0.4 is 5.32 Å². The molecule has 0 aromatic rings. The zero-order valence-corrected chi connectivity index (χ0v) is 13.3. The van der Waals surface area contributed by atoms with Crippen LogP contribution in [0.25, 0.3) is 0 Å². The molecule has 0 spiro atoms. The van der Waals surface area contributed by atoms with Crippen LogP contribution in [0.5, 0.6) is 0 Å². The lowest BCUT2D eigenvalue weighted by atomic mass is 9.91. The first-order valence-electron chi connectivity index (χ1n) is 8.16. The molecule has 116 valence electrons. The maximum atomic E-state index is 12.2.